The molecule has 1 aromatic heterocycles. The number of ether oxygens (including phenoxy) is 3. The summed E-state index contributed by atoms with van der Waals surface area (Å²) >= 11 is 0. The highest BCUT2D eigenvalue weighted by atomic mass is 16.5. The van der Waals surface area contributed by atoms with Crippen LogP contribution in [0.15, 0.2) is 0 Å². The number of nitrogens with zero attached hydrogens (tertiary/aromatic N) is 3. The molecule has 0 bridgehead atoms. The van der Waals surface area contributed by atoms with Crippen LogP contribution in [0.1, 0.15) is 34.1 Å². The van der Waals surface area contributed by atoms with Crippen LogP contribution in [0.3, 0.4) is 0 Å². The summed E-state index contributed by atoms with van der Waals surface area (Å²) in [5, 5.41) is 6.36. The van der Waals surface area contributed by atoms with E-state index in [1.807, 2.05) is 13.8 Å². The van der Waals surface area contributed by atoms with Crippen molar-refractivity contribution < 1.29 is 14.2 Å². The normalized spacial score (nSPS) is 12.2. The molecule has 144 valence electrons. The molecule has 4 N–H and O–H groups in total. The van der Waals surface area contributed by atoms with Crippen LogP contribution in [-0.4, -0.2) is 66.6 Å². The Morgan fingerprint density at radius 1 is 0.960 bits per heavy atom. The van der Waals surface area contributed by atoms with Gasteiger partial charge in [-0.25, -0.2) is 0 Å². The topological polar surface area (TPSA) is 116 Å². The Labute approximate surface area is 150 Å². The van der Waals surface area contributed by atoms with Gasteiger partial charge in [0.05, 0.1) is 32.5 Å². The van der Waals surface area contributed by atoms with E-state index in [2.05, 4.69) is 39.4 Å². The van der Waals surface area contributed by atoms with Gasteiger partial charge in [-0.2, -0.15) is 15.0 Å². The van der Waals surface area contributed by atoms with E-state index in [1.54, 1.807) is 0 Å². The first kappa shape index (κ1) is 21.3. The van der Waals surface area contributed by atoms with Crippen molar-refractivity contribution in [3.05, 3.63) is 0 Å². The number of hydrogen-bond acceptors (Lipinski definition) is 9. The summed E-state index contributed by atoms with van der Waals surface area (Å²) in [4.78, 5) is 12.9. The second-order valence-electron chi connectivity index (χ2n) is 5.83. The lowest BCUT2D eigenvalue weighted by Gasteiger charge is -2.14. The third-order valence-corrected chi connectivity index (χ3v) is 3.11. The van der Waals surface area contributed by atoms with Crippen LogP contribution in [-0.2, 0) is 9.47 Å². The van der Waals surface area contributed by atoms with Crippen LogP contribution in [0.5, 0.6) is 6.01 Å². The second kappa shape index (κ2) is 12.6. The van der Waals surface area contributed by atoms with Gasteiger partial charge in [-0.3, -0.25) is 0 Å². The van der Waals surface area contributed by atoms with E-state index >= 15 is 0 Å². The standard InChI is InChI=1S/C16H32N6O3/c1-5-13(4)19-15-20-14(21-16(22-15)25-12(2)3)18-7-9-24-11-10-23-8-6-17/h12-13H,5-11,17H2,1-4H3,(H2,18,19,20,21,22). The summed E-state index contributed by atoms with van der Waals surface area (Å²) in [6, 6.07) is 0.563. The second-order valence-corrected chi connectivity index (χ2v) is 5.83. The van der Waals surface area contributed by atoms with Crippen LogP contribution >= 0.6 is 0 Å². The summed E-state index contributed by atoms with van der Waals surface area (Å²) in [6.45, 7) is 11.3. The van der Waals surface area contributed by atoms with Crippen LogP contribution < -0.4 is 21.1 Å². The molecule has 0 aromatic carbocycles. The lowest BCUT2D eigenvalue weighted by Crippen LogP contribution is -2.20. The average molecular weight is 356 g/mol. The molecule has 0 aliphatic heterocycles. The van der Waals surface area contributed by atoms with Crippen molar-refractivity contribution in [3.63, 3.8) is 0 Å². The highest BCUT2D eigenvalue weighted by Crippen LogP contribution is 2.13. The smallest absolute Gasteiger partial charge is 0.323 e. The quantitative estimate of drug-likeness (QED) is 0.424. The maximum atomic E-state index is 5.59. The Kier molecular flexibility index (Phi) is 10.8. The van der Waals surface area contributed by atoms with Gasteiger partial charge in [0.25, 0.3) is 0 Å². The minimum absolute atomic E-state index is 0.0106. The molecule has 0 radical (unpaired) electrons. The summed E-state index contributed by atoms with van der Waals surface area (Å²) < 4.78 is 16.3. The molecule has 0 aliphatic carbocycles. The van der Waals surface area contributed by atoms with Crippen molar-refractivity contribution in [3.8, 4) is 6.01 Å². The van der Waals surface area contributed by atoms with E-state index in [0.717, 1.165) is 6.42 Å². The van der Waals surface area contributed by atoms with Gasteiger partial charge in [0.15, 0.2) is 0 Å². The molecule has 1 heterocycles. The van der Waals surface area contributed by atoms with E-state index in [-0.39, 0.29) is 12.1 Å². The molecule has 1 rings (SSSR count). The largest absolute Gasteiger partial charge is 0.461 e. The molecule has 0 amide bonds. The van der Waals surface area contributed by atoms with Crippen molar-refractivity contribution in [2.45, 2.75) is 46.3 Å². The van der Waals surface area contributed by atoms with Gasteiger partial charge >= 0.3 is 6.01 Å². The molecule has 0 fully saturated rings. The number of nitrogens with one attached hydrogen (secondary N) is 2. The lowest BCUT2D eigenvalue weighted by atomic mass is 10.3. The van der Waals surface area contributed by atoms with Crippen molar-refractivity contribution >= 4 is 11.9 Å². The molecular weight excluding hydrogens is 324 g/mol. The van der Waals surface area contributed by atoms with Crippen LogP contribution in [0.25, 0.3) is 0 Å². The molecule has 1 atom stereocenters. The Morgan fingerprint density at radius 2 is 1.64 bits per heavy atom. The lowest BCUT2D eigenvalue weighted by molar-refractivity contribution is 0.0547. The molecule has 0 saturated carbocycles. The maximum absolute atomic E-state index is 5.59. The molecule has 1 aromatic rings. The predicted molar refractivity (Wildman–Crippen MR) is 98.1 cm³/mol. The van der Waals surface area contributed by atoms with E-state index in [1.165, 1.54) is 0 Å². The zero-order valence-corrected chi connectivity index (χ0v) is 15.7. The third-order valence-electron chi connectivity index (χ3n) is 3.11. The van der Waals surface area contributed by atoms with Crippen LogP contribution in [0, 0.1) is 0 Å². The van der Waals surface area contributed by atoms with Gasteiger partial charge < -0.3 is 30.6 Å². The molecule has 9 nitrogen and oxygen atoms in total. The van der Waals surface area contributed by atoms with Crippen molar-refractivity contribution in [2.24, 2.45) is 5.73 Å². The van der Waals surface area contributed by atoms with E-state index < -0.39 is 0 Å². The number of hydrogen-bond donors (Lipinski definition) is 3. The number of nitrogens with two attached hydrogens (primary N) is 1. The van der Waals surface area contributed by atoms with Crippen molar-refractivity contribution in [2.75, 3.05) is 50.2 Å². The molecule has 0 saturated heterocycles. The van der Waals surface area contributed by atoms with Crippen LogP contribution in [0.4, 0.5) is 11.9 Å². The fourth-order valence-electron chi connectivity index (χ4n) is 1.73. The summed E-state index contributed by atoms with van der Waals surface area (Å²) in [7, 11) is 0. The zero-order chi connectivity index (χ0) is 18.5. The predicted octanol–water partition coefficient (Wildman–Crippen LogP) is 1.27. The first-order valence-corrected chi connectivity index (χ1v) is 8.83. The Morgan fingerprint density at radius 3 is 2.28 bits per heavy atom. The maximum Gasteiger partial charge on any atom is 0.323 e. The number of aromatic nitrogens is 3. The first-order chi connectivity index (χ1) is 12.0. The SMILES string of the molecule is CCC(C)Nc1nc(NCCOCCOCCN)nc(OC(C)C)n1. The van der Waals surface area contributed by atoms with Gasteiger partial charge in [0.2, 0.25) is 11.9 Å². The van der Waals surface area contributed by atoms with Gasteiger partial charge in [-0.1, -0.05) is 6.92 Å². The summed E-state index contributed by atoms with van der Waals surface area (Å²) in [5.74, 6) is 0.957. The Hall–Kier alpha value is -1.71. The van der Waals surface area contributed by atoms with Gasteiger partial charge in [-0.05, 0) is 27.2 Å². The molecule has 25 heavy (non-hydrogen) atoms. The van der Waals surface area contributed by atoms with Gasteiger partial charge in [0.1, 0.15) is 0 Å². The molecule has 1 unspecified atom stereocenters. The number of anilines is 2. The number of rotatable bonds is 14. The fraction of sp³-hybridized carbons (Fsp3) is 0.812. The Bertz CT molecular complexity index is 475. The minimum Gasteiger partial charge on any atom is -0.461 e. The van der Waals surface area contributed by atoms with Crippen molar-refractivity contribution in [1.29, 1.82) is 0 Å². The average Bonchev–Trinajstić information content (AvgIpc) is 2.56. The minimum atomic E-state index is -0.0106. The van der Waals surface area contributed by atoms with Gasteiger partial charge in [0, 0.05) is 19.1 Å². The molecular formula is C16H32N6O3. The molecule has 0 spiro atoms. The van der Waals surface area contributed by atoms with E-state index in [0.29, 0.717) is 57.4 Å². The summed E-state index contributed by atoms with van der Waals surface area (Å²) in [6.07, 6.45) is 0.957. The zero-order valence-electron chi connectivity index (χ0n) is 15.7. The first-order valence-electron chi connectivity index (χ1n) is 8.83. The Balaban J connectivity index is 2.48. The van der Waals surface area contributed by atoms with E-state index in [9.17, 15) is 0 Å². The summed E-state index contributed by atoms with van der Waals surface area (Å²) in [5.41, 5.74) is 5.34. The third kappa shape index (κ3) is 10.0. The highest BCUT2D eigenvalue weighted by Gasteiger charge is 2.10. The highest BCUT2D eigenvalue weighted by molar-refractivity contribution is 5.36. The molecule has 0 aliphatic rings. The van der Waals surface area contributed by atoms with Crippen LogP contribution in [0.2, 0.25) is 0 Å². The van der Waals surface area contributed by atoms with Gasteiger partial charge in [-0.15, -0.1) is 0 Å². The monoisotopic (exact) mass is 356 g/mol. The fourth-order valence-corrected chi connectivity index (χ4v) is 1.73. The van der Waals surface area contributed by atoms with Crippen molar-refractivity contribution in [1.82, 2.24) is 15.0 Å². The molecule has 9 heteroatoms. The van der Waals surface area contributed by atoms with E-state index in [4.69, 9.17) is 19.9 Å².